The van der Waals surface area contributed by atoms with E-state index in [0.717, 1.165) is 24.8 Å². The van der Waals surface area contributed by atoms with Gasteiger partial charge in [-0.05, 0) is 79.6 Å². The first-order chi connectivity index (χ1) is 22.2. The molecule has 0 radical (unpaired) electrons. The summed E-state index contributed by atoms with van der Waals surface area (Å²) in [6, 6.07) is 0. The first-order valence-corrected chi connectivity index (χ1v) is 18.8. The SMILES string of the molecule is C=C1C2CC[C@H]3[C@]4(C)C[C@H](O[C@H]5O[C@H](CO)[C@@H](OS(=O)(=O)[O-])[C@H](OS(=O)(=O)[O-])[C@H]5OC(=O)CC(C)C)C[C@@H](C(=O)O)[C@H]4CC[C@]3(C2)[C@H]1O. The number of fused-ring (bicyclic) bond motifs is 3. The number of hydrogen-bond acceptors (Lipinski definition) is 15. The topological polar surface area (TPSA) is 255 Å². The number of ether oxygens (including phenoxy) is 3. The second-order valence-electron chi connectivity index (χ2n) is 14.8. The van der Waals surface area contributed by atoms with Gasteiger partial charge in [-0.25, -0.2) is 16.8 Å². The Balaban J connectivity index is 1.51. The van der Waals surface area contributed by atoms with Crippen molar-refractivity contribution in [2.45, 2.75) is 115 Å². The summed E-state index contributed by atoms with van der Waals surface area (Å²) in [6.07, 6.45) is -8.49. The largest absolute Gasteiger partial charge is 0.726 e. The fourth-order valence-electron chi connectivity index (χ4n) is 9.81. The summed E-state index contributed by atoms with van der Waals surface area (Å²) < 4.78 is 96.9. The van der Waals surface area contributed by atoms with Crippen molar-refractivity contribution >= 4 is 32.7 Å². The molecule has 0 amide bonds. The summed E-state index contributed by atoms with van der Waals surface area (Å²) >= 11 is 0. The molecule has 1 aliphatic heterocycles. The number of aliphatic hydroxyl groups excluding tert-OH is 2. The predicted octanol–water partition coefficient (Wildman–Crippen LogP) is 0.982. The average molecular weight is 725 g/mol. The van der Waals surface area contributed by atoms with Crippen molar-refractivity contribution in [3.8, 4) is 0 Å². The van der Waals surface area contributed by atoms with Crippen molar-refractivity contribution in [1.29, 1.82) is 0 Å². The molecule has 3 N–H and O–H groups in total. The third-order valence-corrected chi connectivity index (χ3v) is 12.4. The van der Waals surface area contributed by atoms with Crippen LogP contribution in [0.4, 0.5) is 0 Å². The van der Waals surface area contributed by atoms with Crippen molar-refractivity contribution in [2.75, 3.05) is 6.61 Å². The fraction of sp³-hybridized carbons (Fsp3) is 0.867. The van der Waals surface area contributed by atoms with Crippen LogP contribution in [0.15, 0.2) is 12.2 Å². The molecule has 18 heteroatoms. The molecular weight excluding hydrogens is 680 g/mol. The molecular formula is C30H44O16S2-2. The highest BCUT2D eigenvalue weighted by Gasteiger charge is 2.67. The van der Waals surface area contributed by atoms with Crippen LogP contribution in [0.2, 0.25) is 0 Å². The molecule has 1 unspecified atom stereocenters. The van der Waals surface area contributed by atoms with Crippen LogP contribution in [0.25, 0.3) is 0 Å². The molecule has 5 fully saturated rings. The quantitative estimate of drug-likeness (QED) is 0.0882. The van der Waals surface area contributed by atoms with Gasteiger partial charge in [0.2, 0.25) is 20.8 Å². The zero-order valence-corrected chi connectivity index (χ0v) is 28.6. The molecule has 16 nitrogen and oxygen atoms in total. The lowest BCUT2D eigenvalue weighted by Gasteiger charge is -2.62. The zero-order chi connectivity index (χ0) is 35.6. The lowest BCUT2D eigenvalue weighted by molar-refractivity contribution is -0.316. The number of carboxylic acid groups (broad SMARTS) is 1. The molecule has 48 heavy (non-hydrogen) atoms. The monoisotopic (exact) mass is 724 g/mol. The Kier molecular flexibility index (Phi) is 10.5. The highest BCUT2D eigenvalue weighted by atomic mass is 32.3. The van der Waals surface area contributed by atoms with Crippen LogP contribution in [0.5, 0.6) is 0 Å². The van der Waals surface area contributed by atoms with Gasteiger partial charge in [0.15, 0.2) is 12.4 Å². The molecule has 2 bridgehead atoms. The third-order valence-electron chi connectivity index (χ3n) is 11.5. The molecule has 0 aromatic rings. The number of rotatable bonds is 11. The number of carbonyl (C=O) groups is 2. The van der Waals surface area contributed by atoms with Crippen molar-refractivity contribution in [3.63, 3.8) is 0 Å². The Morgan fingerprint density at radius 3 is 2.27 bits per heavy atom. The summed E-state index contributed by atoms with van der Waals surface area (Å²) in [6.45, 7) is 8.41. The van der Waals surface area contributed by atoms with E-state index in [9.17, 15) is 50.8 Å². The van der Waals surface area contributed by atoms with Gasteiger partial charge in [0, 0.05) is 11.8 Å². The molecule has 13 atom stereocenters. The number of hydrogen-bond donors (Lipinski definition) is 3. The Morgan fingerprint density at radius 2 is 1.69 bits per heavy atom. The smallest absolute Gasteiger partial charge is 0.306 e. The lowest BCUT2D eigenvalue weighted by atomic mass is 9.43. The van der Waals surface area contributed by atoms with Crippen molar-refractivity contribution < 1.29 is 73.4 Å². The van der Waals surface area contributed by atoms with E-state index in [1.807, 2.05) is 6.92 Å². The molecule has 5 aliphatic rings. The van der Waals surface area contributed by atoms with Crippen LogP contribution in [0, 0.1) is 40.4 Å². The van der Waals surface area contributed by atoms with Gasteiger partial charge in [-0.2, -0.15) is 0 Å². The first kappa shape index (κ1) is 37.5. The molecule has 1 spiro atoms. The second kappa shape index (κ2) is 13.4. The van der Waals surface area contributed by atoms with Gasteiger partial charge in [0.05, 0.1) is 24.7 Å². The van der Waals surface area contributed by atoms with E-state index < -0.39 is 99.0 Å². The van der Waals surface area contributed by atoms with Crippen LogP contribution in [0.1, 0.15) is 72.1 Å². The molecule has 1 heterocycles. The van der Waals surface area contributed by atoms with Crippen LogP contribution < -0.4 is 0 Å². The van der Waals surface area contributed by atoms with E-state index in [1.54, 1.807) is 13.8 Å². The molecule has 0 aromatic heterocycles. The van der Waals surface area contributed by atoms with Gasteiger partial charge in [-0.1, -0.05) is 27.4 Å². The highest BCUT2D eigenvalue weighted by Crippen LogP contribution is 2.70. The highest BCUT2D eigenvalue weighted by molar-refractivity contribution is 7.81. The predicted molar refractivity (Wildman–Crippen MR) is 159 cm³/mol. The van der Waals surface area contributed by atoms with E-state index >= 15 is 0 Å². The van der Waals surface area contributed by atoms with Gasteiger partial charge in [-0.3, -0.25) is 18.0 Å². The normalized spacial score (nSPS) is 43.0. The molecule has 1 saturated heterocycles. The average Bonchev–Trinajstić information content (AvgIpc) is 3.12. The van der Waals surface area contributed by atoms with Crippen LogP contribution in [-0.4, -0.2) is 103 Å². The number of aliphatic hydroxyl groups is 2. The molecule has 4 saturated carbocycles. The summed E-state index contributed by atoms with van der Waals surface area (Å²) in [5, 5.41) is 31.9. The van der Waals surface area contributed by atoms with E-state index in [2.05, 4.69) is 14.9 Å². The van der Waals surface area contributed by atoms with Gasteiger partial charge in [0.25, 0.3) is 0 Å². The van der Waals surface area contributed by atoms with E-state index in [-0.39, 0.29) is 42.9 Å². The third kappa shape index (κ3) is 7.20. The lowest BCUT2D eigenvalue weighted by Crippen LogP contribution is -2.64. The van der Waals surface area contributed by atoms with Crippen LogP contribution in [-0.2, 0) is 53.0 Å². The minimum absolute atomic E-state index is 0.0379. The maximum absolute atomic E-state index is 12.9. The van der Waals surface area contributed by atoms with E-state index in [0.29, 0.717) is 12.8 Å². The van der Waals surface area contributed by atoms with Crippen molar-refractivity contribution in [2.24, 2.45) is 40.4 Å². The summed E-state index contributed by atoms with van der Waals surface area (Å²) in [5.41, 5.74) is -0.359. The Morgan fingerprint density at radius 1 is 1.04 bits per heavy atom. The van der Waals surface area contributed by atoms with Gasteiger partial charge in [-0.15, -0.1) is 0 Å². The summed E-state index contributed by atoms with van der Waals surface area (Å²) in [5.74, 6) is -3.38. The maximum Gasteiger partial charge on any atom is 0.306 e. The standard InChI is InChI=1S/C30H46O16S2/c1-14(2)9-22(32)44-25-24(46-48(39,40)41)23(45-47(36,37)38)20(13-31)43-28(25)42-17-10-18(27(34)35)19-7-8-30-11-16(15(3)26(30)33)5-6-21(30)29(19,4)12-17/h14,16-21,23-26,28,31,33H,3,5-13H2,1-2,4H3,(H,34,35)(H,36,37,38)(H,39,40,41)/p-2/t16?,17-,18-,19-,20-,21+,23-,24+,25-,26+,28+,29-,30-/m1/s1. The number of carboxylic acids is 1. The minimum Gasteiger partial charge on any atom is -0.726 e. The minimum atomic E-state index is -5.69. The fourth-order valence-corrected chi connectivity index (χ4v) is 10.8. The molecule has 274 valence electrons. The Labute approximate surface area is 280 Å². The molecule has 5 rings (SSSR count). The van der Waals surface area contributed by atoms with Gasteiger partial charge in [0.1, 0.15) is 18.3 Å². The van der Waals surface area contributed by atoms with Crippen molar-refractivity contribution in [3.05, 3.63) is 12.2 Å². The molecule has 0 aromatic carbocycles. The van der Waals surface area contributed by atoms with Gasteiger partial charge >= 0.3 is 11.9 Å². The number of carbonyl (C=O) groups excluding carboxylic acids is 1. The number of esters is 1. The van der Waals surface area contributed by atoms with Crippen LogP contribution in [0.3, 0.4) is 0 Å². The Bertz CT molecular complexity index is 1480. The first-order valence-electron chi connectivity index (χ1n) is 16.2. The van der Waals surface area contributed by atoms with Gasteiger partial charge < -0.3 is 38.6 Å². The molecule has 4 aliphatic carbocycles. The van der Waals surface area contributed by atoms with E-state index in [4.69, 9.17) is 14.2 Å². The van der Waals surface area contributed by atoms with Crippen LogP contribution >= 0.6 is 0 Å². The second-order valence-corrected chi connectivity index (χ2v) is 16.8. The number of aliphatic carboxylic acids is 1. The van der Waals surface area contributed by atoms with Crippen molar-refractivity contribution in [1.82, 2.24) is 0 Å². The zero-order valence-electron chi connectivity index (χ0n) is 27.0. The summed E-state index contributed by atoms with van der Waals surface area (Å²) in [7, 11) is -11.3. The van der Waals surface area contributed by atoms with E-state index in [1.165, 1.54) is 0 Å². The summed E-state index contributed by atoms with van der Waals surface area (Å²) in [4.78, 5) is 25.6. The Hall–Kier alpha value is -1.74. The maximum atomic E-state index is 12.9.